The Morgan fingerprint density at radius 2 is 2.06 bits per heavy atom. The molecular weight excluding hydrogens is 237 g/mol. The zero-order valence-corrected chi connectivity index (χ0v) is 10.1. The van der Waals surface area contributed by atoms with Gasteiger partial charge in [-0.05, 0) is 25.0 Å². The highest BCUT2D eigenvalue weighted by molar-refractivity contribution is 5.40. The van der Waals surface area contributed by atoms with Crippen LogP contribution in [0.4, 0.5) is 10.1 Å². The van der Waals surface area contributed by atoms with E-state index >= 15 is 0 Å². The van der Waals surface area contributed by atoms with E-state index in [0.29, 0.717) is 5.56 Å². The highest BCUT2D eigenvalue weighted by Gasteiger charge is 2.16. The number of piperidine rings is 1. The molecule has 1 heterocycles. The average Bonchev–Trinajstić information content (AvgIpc) is 2.37. The number of hydrogen-bond donors (Lipinski definition) is 1. The molecule has 0 aliphatic carbocycles. The summed E-state index contributed by atoms with van der Waals surface area (Å²) in [5.74, 6) is -0.448. The van der Waals surface area contributed by atoms with Crippen LogP contribution < -0.4 is 5.43 Å². The van der Waals surface area contributed by atoms with Crippen LogP contribution in [0.3, 0.4) is 0 Å². The Hall–Kier alpha value is -1.53. The summed E-state index contributed by atoms with van der Waals surface area (Å²) in [6, 6.07) is 3.54. The molecule has 6 heteroatoms. The van der Waals surface area contributed by atoms with Crippen molar-refractivity contribution in [1.29, 1.82) is 0 Å². The van der Waals surface area contributed by atoms with Crippen molar-refractivity contribution in [3.05, 3.63) is 39.7 Å². The summed E-state index contributed by atoms with van der Waals surface area (Å²) in [5, 5.41) is 12.9. The van der Waals surface area contributed by atoms with E-state index in [4.69, 9.17) is 0 Å². The van der Waals surface area contributed by atoms with Gasteiger partial charge in [0, 0.05) is 31.3 Å². The van der Waals surface area contributed by atoms with Crippen LogP contribution >= 0.6 is 0 Å². The first-order valence-corrected chi connectivity index (χ1v) is 6.08. The molecule has 0 spiro atoms. The van der Waals surface area contributed by atoms with E-state index in [0.717, 1.165) is 32.0 Å². The molecule has 1 saturated heterocycles. The van der Waals surface area contributed by atoms with Gasteiger partial charge in [-0.1, -0.05) is 6.42 Å². The van der Waals surface area contributed by atoms with Crippen LogP contribution in [0.1, 0.15) is 24.8 Å². The van der Waals surface area contributed by atoms with Gasteiger partial charge in [-0.25, -0.2) is 9.40 Å². The number of nitro benzene ring substituents is 1. The number of halogens is 1. The molecule has 0 amide bonds. The zero-order valence-electron chi connectivity index (χ0n) is 10.1. The van der Waals surface area contributed by atoms with Crippen LogP contribution in [-0.4, -0.2) is 23.0 Å². The summed E-state index contributed by atoms with van der Waals surface area (Å²) in [5.41, 5.74) is 3.46. The van der Waals surface area contributed by atoms with Crippen molar-refractivity contribution < 1.29 is 9.31 Å². The van der Waals surface area contributed by atoms with E-state index in [-0.39, 0.29) is 12.2 Å². The number of hydrazine groups is 1. The predicted molar refractivity (Wildman–Crippen MR) is 65.3 cm³/mol. The second kappa shape index (κ2) is 5.88. The topological polar surface area (TPSA) is 58.4 Å². The maximum atomic E-state index is 13.1. The molecule has 18 heavy (non-hydrogen) atoms. The second-order valence-electron chi connectivity index (χ2n) is 4.41. The molecule has 0 radical (unpaired) electrons. The molecule has 1 aliphatic heterocycles. The summed E-state index contributed by atoms with van der Waals surface area (Å²) >= 11 is 0. The van der Waals surface area contributed by atoms with Gasteiger partial charge < -0.3 is 0 Å². The second-order valence-corrected chi connectivity index (χ2v) is 4.41. The largest absolute Gasteiger partial charge is 0.274 e. The smallest absolute Gasteiger partial charge is 0.258 e. The fourth-order valence-corrected chi connectivity index (χ4v) is 2.12. The van der Waals surface area contributed by atoms with Crippen molar-refractivity contribution in [2.75, 3.05) is 13.1 Å². The summed E-state index contributed by atoms with van der Waals surface area (Å²) in [4.78, 5) is 10.3. The van der Waals surface area contributed by atoms with Gasteiger partial charge in [0.15, 0.2) is 0 Å². The monoisotopic (exact) mass is 253 g/mol. The normalized spacial score (nSPS) is 16.7. The first-order chi connectivity index (χ1) is 8.66. The Bertz CT molecular complexity index is 433. The Morgan fingerprint density at radius 3 is 2.72 bits per heavy atom. The van der Waals surface area contributed by atoms with Crippen LogP contribution in [0.15, 0.2) is 18.2 Å². The number of nitrogens with one attached hydrogen (secondary N) is 1. The van der Waals surface area contributed by atoms with E-state index in [1.807, 2.05) is 5.01 Å². The van der Waals surface area contributed by atoms with Crippen molar-refractivity contribution in [2.24, 2.45) is 0 Å². The van der Waals surface area contributed by atoms with Crippen LogP contribution in [0.25, 0.3) is 0 Å². The van der Waals surface area contributed by atoms with Crippen LogP contribution in [-0.2, 0) is 6.54 Å². The number of nitrogens with zero attached hydrogens (tertiary/aromatic N) is 2. The number of benzene rings is 1. The molecule has 1 aromatic rings. The number of rotatable bonds is 4. The maximum Gasteiger partial charge on any atom is 0.274 e. The highest BCUT2D eigenvalue weighted by Crippen LogP contribution is 2.19. The van der Waals surface area contributed by atoms with Crippen LogP contribution in [0.2, 0.25) is 0 Å². The Labute approximate surface area is 105 Å². The van der Waals surface area contributed by atoms with E-state index in [2.05, 4.69) is 5.43 Å². The third-order valence-electron chi connectivity index (χ3n) is 3.09. The Morgan fingerprint density at radius 1 is 1.33 bits per heavy atom. The third kappa shape index (κ3) is 3.24. The molecule has 0 unspecified atom stereocenters. The van der Waals surface area contributed by atoms with E-state index in [1.54, 1.807) is 0 Å². The van der Waals surface area contributed by atoms with Gasteiger partial charge in [-0.3, -0.25) is 15.5 Å². The summed E-state index contributed by atoms with van der Waals surface area (Å²) < 4.78 is 13.1. The van der Waals surface area contributed by atoms with Crippen molar-refractivity contribution in [1.82, 2.24) is 10.4 Å². The minimum Gasteiger partial charge on any atom is -0.258 e. The van der Waals surface area contributed by atoms with Crippen molar-refractivity contribution >= 4 is 5.69 Å². The minimum absolute atomic E-state index is 0.0408. The van der Waals surface area contributed by atoms with Gasteiger partial charge in [0.1, 0.15) is 5.82 Å². The molecule has 2 rings (SSSR count). The van der Waals surface area contributed by atoms with Gasteiger partial charge in [-0.15, -0.1) is 0 Å². The van der Waals surface area contributed by atoms with Gasteiger partial charge in [0.2, 0.25) is 0 Å². The molecule has 1 fully saturated rings. The number of hydrogen-bond acceptors (Lipinski definition) is 4. The fraction of sp³-hybridized carbons (Fsp3) is 0.500. The summed E-state index contributed by atoms with van der Waals surface area (Å²) in [6.07, 6.45) is 3.47. The lowest BCUT2D eigenvalue weighted by atomic mass is 10.1. The quantitative estimate of drug-likeness (QED) is 0.660. The molecule has 0 aromatic heterocycles. The van der Waals surface area contributed by atoms with Gasteiger partial charge in [0.25, 0.3) is 5.69 Å². The molecule has 98 valence electrons. The van der Waals surface area contributed by atoms with Gasteiger partial charge >= 0.3 is 0 Å². The molecule has 1 aliphatic rings. The van der Waals surface area contributed by atoms with Crippen LogP contribution in [0.5, 0.6) is 0 Å². The van der Waals surface area contributed by atoms with Crippen molar-refractivity contribution in [3.8, 4) is 0 Å². The summed E-state index contributed by atoms with van der Waals surface area (Å²) in [6.45, 7) is 2.15. The molecule has 5 nitrogen and oxygen atoms in total. The first-order valence-electron chi connectivity index (χ1n) is 6.08. The Kier molecular flexibility index (Phi) is 4.22. The van der Waals surface area contributed by atoms with E-state index in [1.165, 1.54) is 18.6 Å². The standard InChI is InChI=1S/C12H16FN3O2/c13-11-4-5-12(16(17)18)10(8-11)9-14-15-6-2-1-3-7-15/h4-5,8,14H,1-3,6-7,9H2. The lowest BCUT2D eigenvalue weighted by Gasteiger charge is -2.27. The lowest BCUT2D eigenvalue weighted by molar-refractivity contribution is -0.385. The third-order valence-corrected chi connectivity index (χ3v) is 3.09. The zero-order chi connectivity index (χ0) is 13.0. The Balaban J connectivity index is 2.03. The minimum atomic E-state index is -0.480. The van der Waals surface area contributed by atoms with Gasteiger partial charge in [-0.2, -0.15) is 0 Å². The number of nitro groups is 1. The fourth-order valence-electron chi connectivity index (χ4n) is 2.12. The molecule has 0 saturated carbocycles. The molecule has 1 aromatic carbocycles. The SMILES string of the molecule is O=[N+]([O-])c1ccc(F)cc1CNN1CCCCC1. The predicted octanol–water partition coefficient (Wildman–Crippen LogP) is 2.22. The molecule has 0 bridgehead atoms. The van der Waals surface area contributed by atoms with E-state index < -0.39 is 10.7 Å². The van der Waals surface area contributed by atoms with E-state index in [9.17, 15) is 14.5 Å². The van der Waals surface area contributed by atoms with Crippen molar-refractivity contribution in [3.63, 3.8) is 0 Å². The summed E-state index contributed by atoms with van der Waals surface area (Å²) in [7, 11) is 0. The average molecular weight is 253 g/mol. The highest BCUT2D eigenvalue weighted by atomic mass is 19.1. The first kappa shape index (κ1) is 12.9. The molecule has 0 atom stereocenters. The lowest BCUT2D eigenvalue weighted by Crippen LogP contribution is -2.41. The molecular formula is C12H16FN3O2. The van der Waals surface area contributed by atoms with Gasteiger partial charge in [0.05, 0.1) is 4.92 Å². The maximum absolute atomic E-state index is 13.1. The molecule has 1 N–H and O–H groups in total. The van der Waals surface area contributed by atoms with Crippen molar-refractivity contribution in [2.45, 2.75) is 25.8 Å². The van der Waals surface area contributed by atoms with Crippen LogP contribution in [0, 0.1) is 15.9 Å².